The van der Waals surface area contributed by atoms with Gasteiger partial charge in [-0.3, -0.25) is 14.3 Å². The molecule has 0 saturated heterocycles. The van der Waals surface area contributed by atoms with Crippen molar-refractivity contribution in [2.45, 2.75) is 13.5 Å². The van der Waals surface area contributed by atoms with Crippen molar-refractivity contribution >= 4 is 29.1 Å². The van der Waals surface area contributed by atoms with Gasteiger partial charge in [0, 0.05) is 21.1 Å². The highest BCUT2D eigenvalue weighted by molar-refractivity contribution is 6.32. The molecule has 0 saturated carbocycles. The van der Waals surface area contributed by atoms with Crippen LogP contribution in [0.4, 0.5) is 5.69 Å². The van der Waals surface area contributed by atoms with Gasteiger partial charge in [-0.1, -0.05) is 23.7 Å². The number of hydrogen-bond donors (Lipinski definition) is 1. The molecule has 152 valence electrons. The number of rotatable bonds is 6. The Morgan fingerprint density at radius 3 is 2.66 bits per heavy atom. The number of anilines is 1. The Kier molecular flexibility index (Phi) is 5.93. The van der Waals surface area contributed by atoms with Gasteiger partial charge in [-0.2, -0.15) is 5.10 Å². The summed E-state index contributed by atoms with van der Waals surface area (Å²) in [4.78, 5) is 26.4. The van der Waals surface area contributed by atoms with Gasteiger partial charge in [0.2, 0.25) is 0 Å². The topological polar surface area (TPSA) is 89.6 Å². The van der Waals surface area contributed by atoms with Crippen LogP contribution in [0.15, 0.2) is 40.8 Å². The van der Waals surface area contributed by atoms with E-state index in [4.69, 9.17) is 20.8 Å². The number of furan rings is 1. The van der Waals surface area contributed by atoms with E-state index in [0.717, 1.165) is 0 Å². The molecule has 0 atom stereocenters. The summed E-state index contributed by atoms with van der Waals surface area (Å²) in [6, 6.07) is 10.3. The van der Waals surface area contributed by atoms with Crippen LogP contribution in [0.1, 0.15) is 32.5 Å². The fourth-order valence-corrected chi connectivity index (χ4v) is 2.77. The average Bonchev–Trinajstić information content (AvgIpc) is 3.27. The van der Waals surface area contributed by atoms with E-state index in [-0.39, 0.29) is 24.0 Å². The SMILES string of the molecule is Cc1c(NC(=O)c2ccc(COc3ccccc3Cl)o2)c(C(=O)N(C)C)nn1C. The zero-order valence-electron chi connectivity index (χ0n) is 16.5. The fourth-order valence-electron chi connectivity index (χ4n) is 2.58. The second-order valence-electron chi connectivity index (χ2n) is 6.57. The maximum Gasteiger partial charge on any atom is 0.291 e. The molecule has 0 aliphatic carbocycles. The minimum atomic E-state index is -0.488. The first-order valence-electron chi connectivity index (χ1n) is 8.80. The lowest BCUT2D eigenvalue weighted by Gasteiger charge is -2.10. The van der Waals surface area contributed by atoms with E-state index < -0.39 is 5.91 Å². The van der Waals surface area contributed by atoms with Crippen molar-refractivity contribution in [3.8, 4) is 5.75 Å². The molecule has 0 bridgehead atoms. The van der Waals surface area contributed by atoms with Gasteiger partial charge in [-0.05, 0) is 31.2 Å². The lowest BCUT2D eigenvalue weighted by atomic mass is 10.2. The number of nitrogens with zero attached hydrogens (tertiary/aromatic N) is 3. The fraction of sp³-hybridized carbons (Fsp3) is 0.250. The number of benzene rings is 1. The van der Waals surface area contributed by atoms with Crippen LogP contribution in [-0.4, -0.2) is 40.6 Å². The van der Waals surface area contributed by atoms with Crippen molar-refractivity contribution in [3.63, 3.8) is 0 Å². The third-order valence-corrected chi connectivity index (χ3v) is 4.59. The van der Waals surface area contributed by atoms with Gasteiger partial charge in [0.05, 0.1) is 16.4 Å². The first-order valence-corrected chi connectivity index (χ1v) is 9.18. The molecule has 0 aliphatic heterocycles. The number of nitrogens with one attached hydrogen (secondary N) is 1. The number of aromatic nitrogens is 2. The van der Waals surface area contributed by atoms with Gasteiger partial charge >= 0.3 is 0 Å². The monoisotopic (exact) mass is 416 g/mol. The highest BCUT2D eigenvalue weighted by Crippen LogP contribution is 2.25. The van der Waals surface area contributed by atoms with Crippen LogP contribution >= 0.6 is 11.6 Å². The standard InChI is InChI=1S/C20H21ClN4O4/c1-12-17(18(23-25(12)4)20(27)24(2)3)22-19(26)16-10-9-13(29-16)11-28-15-8-6-5-7-14(15)21/h5-10H,11H2,1-4H3,(H,22,26). The molecule has 1 aromatic carbocycles. The smallest absolute Gasteiger partial charge is 0.291 e. The quantitative estimate of drug-likeness (QED) is 0.664. The van der Waals surface area contributed by atoms with Gasteiger partial charge in [0.25, 0.3) is 11.8 Å². The van der Waals surface area contributed by atoms with E-state index in [1.807, 2.05) is 6.07 Å². The summed E-state index contributed by atoms with van der Waals surface area (Å²) in [7, 11) is 4.94. The van der Waals surface area contributed by atoms with Crippen molar-refractivity contribution in [2.75, 3.05) is 19.4 Å². The normalized spacial score (nSPS) is 10.7. The second-order valence-corrected chi connectivity index (χ2v) is 6.98. The molecule has 3 aromatic rings. The molecule has 2 heterocycles. The van der Waals surface area contributed by atoms with Gasteiger partial charge in [-0.25, -0.2) is 0 Å². The number of para-hydroxylation sites is 1. The van der Waals surface area contributed by atoms with E-state index in [0.29, 0.717) is 27.9 Å². The lowest BCUT2D eigenvalue weighted by Crippen LogP contribution is -2.24. The minimum absolute atomic E-state index is 0.0919. The molecule has 1 N–H and O–H groups in total. The maximum absolute atomic E-state index is 12.6. The summed E-state index contributed by atoms with van der Waals surface area (Å²) >= 11 is 6.06. The molecule has 3 rings (SSSR count). The Bertz CT molecular complexity index is 1050. The molecular formula is C20H21ClN4O4. The van der Waals surface area contributed by atoms with E-state index in [2.05, 4.69) is 10.4 Å². The molecule has 9 heteroatoms. The van der Waals surface area contributed by atoms with Crippen LogP contribution < -0.4 is 10.1 Å². The molecule has 2 aromatic heterocycles. The zero-order valence-corrected chi connectivity index (χ0v) is 17.3. The number of aryl methyl sites for hydroxylation is 1. The Balaban J connectivity index is 1.73. The van der Waals surface area contributed by atoms with Gasteiger partial charge < -0.3 is 19.4 Å². The number of carbonyl (C=O) groups is 2. The molecule has 0 radical (unpaired) electrons. The average molecular weight is 417 g/mol. The van der Waals surface area contributed by atoms with Crippen molar-refractivity contribution in [3.05, 3.63) is 64.3 Å². The van der Waals surface area contributed by atoms with Crippen molar-refractivity contribution in [1.82, 2.24) is 14.7 Å². The van der Waals surface area contributed by atoms with Crippen molar-refractivity contribution in [1.29, 1.82) is 0 Å². The van der Waals surface area contributed by atoms with E-state index in [1.54, 1.807) is 58.4 Å². The molecule has 0 spiro atoms. The Morgan fingerprint density at radius 1 is 1.24 bits per heavy atom. The number of carbonyl (C=O) groups excluding carboxylic acids is 2. The van der Waals surface area contributed by atoms with Crippen molar-refractivity contribution in [2.24, 2.45) is 7.05 Å². The summed E-state index contributed by atoms with van der Waals surface area (Å²) < 4.78 is 12.7. The Hall–Kier alpha value is -3.26. The predicted octanol–water partition coefficient (Wildman–Crippen LogP) is 3.51. The third-order valence-electron chi connectivity index (χ3n) is 4.27. The molecular weight excluding hydrogens is 396 g/mol. The Labute approximate surface area is 173 Å². The molecule has 8 nitrogen and oxygen atoms in total. The maximum atomic E-state index is 12.6. The van der Waals surface area contributed by atoms with Gasteiger partial charge in [0.1, 0.15) is 18.1 Å². The first kappa shape index (κ1) is 20.5. The summed E-state index contributed by atoms with van der Waals surface area (Å²) in [5, 5.41) is 7.41. The minimum Gasteiger partial charge on any atom is -0.484 e. The van der Waals surface area contributed by atoms with Crippen LogP contribution in [0, 0.1) is 6.92 Å². The number of ether oxygens (including phenoxy) is 1. The largest absolute Gasteiger partial charge is 0.484 e. The van der Waals surface area contributed by atoms with E-state index in [9.17, 15) is 9.59 Å². The second kappa shape index (κ2) is 8.40. The highest BCUT2D eigenvalue weighted by Gasteiger charge is 2.24. The van der Waals surface area contributed by atoms with Crippen LogP contribution in [-0.2, 0) is 13.7 Å². The van der Waals surface area contributed by atoms with Crippen LogP contribution in [0.5, 0.6) is 5.75 Å². The van der Waals surface area contributed by atoms with Crippen molar-refractivity contribution < 1.29 is 18.7 Å². The summed E-state index contributed by atoms with van der Waals surface area (Å²) in [5.74, 6) is 0.279. The predicted molar refractivity (Wildman–Crippen MR) is 108 cm³/mol. The zero-order chi connectivity index (χ0) is 21.1. The number of halogens is 1. The molecule has 0 unspecified atom stereocenters. The summed E-state index contributed by atoms with van der Waals surface area (Å²) in [6.45, 7) is 1.88. The summed E-state index contributed by atoms with van der Waals surface area (Å²) in [6.07, 6.45) is 0. The number of amides is 2. The van der Waals surface area contributed by atoms with E-state index >= 15 is 0 Å². The lowest BCUT2D eigenvalue weighted by molar-refractivity contribution is 0.0822. The molecule has 2 amide bonds. The first-order chi connectivity index (χ1) is 13.8. The molecule has 29 heavy (non-hydrogen) atoms. The number of hydrogen-bond acceptors (Lipinski definition) is 5. The molecule has 0 fully saturated rings. The Morgan fingerprint density at radius 2 is 1.97 bits per heavy atom. The van der Waals surface area contributed by atoms with Gasteiger partial charge in [-0.15, -0.1) is 0 Å². The summed E-state index contributed by atoms with van der Waals surface area (Å²) in [5.41, 5.74) is 1.16. The third kappa shape index (κ3) is 4.43. The van der Waals surface area contributed by atoms with Gasteiger partial charge in [0.15, 0.2) is 11.5 Å². The molecule has 0 aliphatic rings. The van der Waals surface area contributed by atoms with Crippen LogP contribution in [0.3, 0.4) is 0 Å². The van der Waals surface area contributed by atoms with Crippen LogP contribution in [0.25, 0.3) is 0 Å². The van der Waals surface area contributed by atoms with E-state index in [1.165, 1.54) is 9.58 Å². The van der Waals surface area contributed by atoms with Crippen LogP contribution in [0.2, 0.25) is 5.02 Å². The highest BCUT2D eigenvalue weighted by atomic mass is 35.5.